The molecule has 0 aromatic heterocycles. The predicted molar refractivity (Wildman–Crippen MR) is 65.3 cm³/mol. The van der Waals surface area contributed by atoms with Gasteiger partial charge in [-0.1, -0.05) is 19.3 Å². The Balaban J connectivity index is 2.45. The minimum absolute atomic E-state index is 0.0210. The van der Waals surface area contributed by atoms with Crippen molar-refractivity contribution >= 4 is 0 Å². The summed E-state index contributed by atoms with van der Waals surface area (Å²) in [6.07, 6.45) is 1.29. The quantitative estimate of drug-likeness (QED) is 0.774. The highest BCUT2D eigenvalue weighted by atomic mass is 19.4. The van der Waals surface area contributed by atoms with Crippen molar-refractivity contribution in [3.63, 3.8) is 0 Å². The minimum atomic E-state index is -4.12. The maximum absolute atomic E-state index is 12.3. The molecule has 108 valence electrons. The van der Waals surface area contributed by atoms with Crippen molar-refractivity contribution in [3.05, 3.63) is 0 Å². The molecule has 0 aromatic carbocycles. The molecule has 1 rings (SSSR count). The second-order valence-corrected chi connectivity index (χ2v) is 5.40. The highest BCUT2D eigenvalue weighted by Crippen LogP contribution is 2.29. The summed E-state index contributed by atoms with van der Waals surface area (Å²) in [4.78, 5) is 0. The van der Waals surface area contributed by atoms with Gasteiger partial charge >= 0.3 is 6.18 Å². The SMILES string of the molecule is CC(CC(F)(F)F)NC(CCO)C1CCCCC1. The van der Waals surface area contributed by atoms with Crippen LogP contribution in [0.5, 0.6) is 0 Å². The van der Waals surface area contributed by atoms with Crippen molar-refractivity contribution in [1.82, 2.24) is 5.32 Å². The fraction of sp³-hybridized carbons (Fsp3) is 1.00. The fourth-order valence-corrected chi connectivity index (χ4v) is 2.90. The third-order valence-electron chi connectivity index (χ3n) is 3.70. The van der Waals surface area contributed by atoms with Gasteiger partial charge in [0.2, 0.25) is 0 Å². The Labute approximate surface area is 107 Å². The van der Waals surface area contributed by atoms with Crippen molar-refractivity contribution in [2.75, 3.05) is 6.61 Å². The van der Waals surface area contributed by atoms with E-state index in [0.29, 0.717) is 12.3 Å². The van der Waals surface area contributed by atoms with E-state index in [9.17, 15) is 13.2 Å². The lowest BCUT2D eigenvalue weighted by atomic mass is 9.82. The van der Waals surface area contributed by atoms with Gasteiger partial charge in [-0.05, 0) is 32.1 Å². The smallest absolute Gasteiger partial charge is 0.390 e. The molecule has 0 saturated heterocycles. The molecule has 1 aliphatic rings. The normalized spacial score (nSPS) is 21.8. The molecular formula is C13H24F3NO. The Morgan fingerprint density at radius 3 is 2.33 bits per heavy atom. The van der Waals surface area contributed by atoms with Crippen molar-refractivity contribution in [1.29, 1.82) is 0 Å². The van der Waals surface area contributed by atoms with Gasteiger partial charge in [0.25, 0.3) is 0 Å². The summed E-state index contributed by atoms with van der Waals surface area (Å²) in [5.74, 6) is 0.418. The Kier molecular flexibility index (Phi) is 6.43. The number of rotatable bonds is 6. The third-order valence-corrected chi connectivity index (χ3v) is 3.70. The second-order valence-electron chi connectivity index (χ2n) is 5.40. The summed E-state index contributed by atoms with van der Waals surface area (Å²) in [7, 11) is 0. The molecule has 2 nitrogen and oxygen atoms in total. The minimum Gasteiger partial charge on any atom is -0.396 e. The van der Waals surface area contributed by atoms with Gasteiger partial charge in [0.05, 0.1) is 6.42 Å². The van der Waals surface area contributed by atoms with Gasteiger partial charge in [-0.15, -0.1) is 0 Å². The van der Waals surface area contributed by atoms with Crippen LogP contribution < -0.4 is 5.32 Å². The van der Waals surface area contributed by atoms with Crippen LogP contribution in [0.25, 0.3) is 0 Å². The number of halogens is 3. The number of aliphatic hydroxyl groups is 1. The highest BCUT2D eigenvalue weighted by Gasteiger charge is 2.32. The van der Waals surface area contributed by atoms with E-state index in [2.05, 4.69) is 5.32 Å². The van der Waals surface area contributed by atoms with Crippen LogP contribution in [0.1, 0.15) is 51.9 Å². The average molecular weight is 267 g/mol. The molecule has 1 saturated carbocycles. The van der Waals surface area contributed by atoms with Crippen LogP contribution in [0.3, 0.4) is 0 Å². The first-order valence-electron chi connectivity index (χ1n) is 6.86. The van der Waals surface area contributed by atoms with E-state index in [4.69, 9.17) is 5.11 Å². The van der Waals surface area contributed by atoms with Crippen LogP contribution in [0, 0.1) is 5.92 Å². The lowest BCUT2D eigenvalue weighted by molar-refractivity contribution is -0.139. The molecule has 0 radical (unpaired) electrons. The van der Waals surface area contributed by atoms with Crippen LogP contribution in [0.2, 0.25) is 0 Å². The molecule has 0 aromatic rings. The molecule has 5 heteroatoms. The molecule has 18 heavy (non-hydrogen) atoms. The zero-order valence-corrected chi connectivity index (χ0v) is 11.0. The largest absolute Gasteiger partial charge is 0.396 e. The molecule has 0 aliphatic heterocycles. The molecule has 2 unspecified atom stereocenters. The molecule has 0 amide bonds. The summed E-state index contributed by atoms with van der Waals surface area (Å²) in [5, 5.41) is 12.1. The highest BCUT2D eigenvalue weighted by molar-refractivity contribution is 4.82. The first kappa shape index (κ1) is 15.8. The Hall–Kier alpha value is -0.290. The monoisotopic (exact) mass is 267 g/mol. The van der Waals surface area contributed by atoms with Gasteiger partial charge in [-0.3, -0.25) is 0 Å². The van der Waals surface area contributed by atoms with Crippen LogP contribution in [0.15, 0.2) is 0 Å². The summed E-state index contributed by atoms with van der Waals surface area (Å²) < 4.78 is 36.9. The van der Waals surface area contributed by atoms with Crippen LogP contribution >= 0.6 is 0 Å². The zero-order valence-electron chi connectivity index (χ0n) is 11.0. The van der Waals surface area contributed by atoms with Gasteiger partial charge in [0, 0.05) is 18.7 Å². The molecule has 2 atom stereocenters. The van der Waals surface area contributed by atoms with E-state index >= 15 is 0 Å². The van der Waals surface area contributed by atoms with E-state index in [1.54, 1.807) is 6.92 Å². The summed E-state index contributed by atoms with van der Waals surface area (Å²) >= 11 is 0. The predicted octanol–water partition coefficient (Wildman–Crippen LogP) is 3.25. The van der Waals surface area contributed by atoms with Gasteiger partial charge in [-0.2, -0.15) is 13.2 Å². The Bertz CT molecular complexity index is 227. The van der Waals surface area contributed by atoms with E-state index < -0.39 is 18.6 Å². The molecule has 1 aliphatic carbocycles. The molecule has 0 spiro atoms. The number of hydrogen-bond donors (Lipinski definition) is 2. The van der Waals surface area contributed by atoms with E-state index in [1.807, 2.05) is 0 Å². The van der Waals surface area contributed by atoms with Gasteiger partial charge in [0.1, 0.15) is 0 Å². The van der Waals surface area contributed by atoms with Gasteiger partial charge in [0.15, 0.2) is 0 Å². The van der Waals surface area contributed by atoms with Crippen molar-refractivity contribution in [2.24, 2.45) is 5.92 Å². The van der Waals surface area contributed by atoms with Crippen LogP contribution in [-0.4, -0.2) is 30.0 Å². The lowest BCUT2D eigenvalue weighted by Gasteiger charge is -2.33. The Morgan fingerprint density at radius 1 is 1.22 bits per heavy atom. The zero-order chi connectivity index (χ0) is 13.6. The topological polar surface area (TPSA) is 32.3 Å². The fourth-order valence-electron chi connectivity index (χ4n) is 2.90. The maximum Gasteiger partial charge on any atom is 0.390 e. The van der Waals surface area contributed by atoms with E-state index in [1.165, 1.54) is 6.42 Å². The molecule has 2 N–H and O–H groups in total. The first-order chi connectivity index (χ1) is 8.42. The average Bonchev–Trinajstić information content (AvgIpc) is 2.27. The second kappa shape index (κ2) is 7.34. The van der Waals surface area contributed by atoms with Crippen molar-refractivity contribution in [2.45, 2.75) is 70.1 Å². The van der Waals surface area contributed by atoms with Crippen LogP contribution in [0.4, 0.5) is 13.2 Å². The first-order valence-corrected chi connectivity index (χ1v) is 6.86. The van der Waals surface area contributed by atoms with Gasteiger partial charge in [-0.25, -0.2) is 0 Å². The molecular weight excluding hydrogens is 243 g/mol. The number of aliphatic hydroxyl groups excluding tert-OH is 1. The summed E-state index contributed by atoms with van der Waals surface area (Å²) in [6, 6.07) is -0.559. The summed E-state index contributed by atoms with van der Waals surface area (Å²) in [6.45, 7) is 1.60. The standard InChI is InChI=1S/C13H24F3NO/c1-10(9-13(14,15)16)17-12(7-8-18)11-5-3-2-4-6-11/h10-12,17-18H,2-9H2,1H3. The lowest BCUT2D eigenvalue weighted by Crippen LogP contribution is -2.44. The van der Waals surface area contributed by atoms with Crippen molar-refractivity contribution < 1.29 is 18.3 Å². The van der Waals surface area contributed by atoms with Crippen molar-refractivity contribution in [3.8, 4) is 0 Å². The Morgan fingerprint density at radius 2 is 1.83 bits per heavy atom. The number of nitrogens with one attached hydrogen (secondary N) is 1. The molecule has 0 heterocycles. The molecule has 0 bridgehead atoms. The van der Waals surface area contributed by atoms with Gasteiger partial charge < -0.3 is 10.4 Å². The van der Waals surface area contributed by atoms with E-state index in [-0.39, 0.29) is 12.6 Å². The molecule has 1 fully saturated rings. The number of hydrogen-bond acceptors (Lipinski definition) is 2. The van der Waals surface area contributed by atoms with E-state index in [0.717, 1.165) is 25.7 Å². The maximum atomic E-state index is 12.3. The third kappa shape index (κ3) is 6.05. The van der Waals surface area contributed by atoms with Crippen LogP contribution in [-0.2, 0) is 0 Å². The number of alkyl halides is 3. The summed E-state index contributed by atoms with van der Waals surface area (Å²) in [5.41, 5.74) is 0.